The average Bonchev–Trinajstić information content (AvgIpc) is 3.58. The van der Waals surface area contributed by atoms with Gasteiger partial charge in [-0.2, -0.15) is 10.4 Å². The van der Waals surface area contributed by atoms with Gasteiger partial charge in [0.15, 0.2) is 0 Å². The lowest BCUT2D eigenvalue weighted by molar-refractivity contribution is 0.244. The zero-order valence-corrected chi connectivity index (χ0v) is 21.5. The number of fused-ring (bicyclic) bond motifs is 1. The summed E-state index contributed by atoms with van der Waals surface area (Å²) in [6, 6.07) is 19.4. The molecule has 38 heavy (non-hydrogen) atoms. The van der Waals surface area contributed by atoms with Gasteiger partial charge in [0.2, 0.25) is 0 Å². The molecule has 2 unspecified atom stereocenters. The van der Waals surface area contributed by atoms with Crippen molar-refractivity contribution in [2.75, 3.05) is 17.2 Å². The predicted octanol–water partition coefficient (Wildman–Crippen LogP) is 5.70. The number of para-hydroxylation sites is 1. The molecule has 4 N–H and O–H groups in total. The van der Waals surface area contributed by atoms with E-state index < -0.39 is 0 Å². The number of rotatable bonds is 8. The normalized spacial score (nSPS) is 15.6. The lowest BCUT2D eigenvalue weighted by atomic mass is 10.0. The van der Waals surface area contributed by atoms with Crippen molar-refractivity contribution in [1.82, 2.24) is 20.2 Å². The third-order valence-corrected chi connectivity index (χ3v) is 6.87. The molecule has 0 radical (unpaired) electrons. The summed E-state index contributed by atoms with van der Waals surface area (Å²) in [6.07, 6.45) is 6.31. The number of carbonyl (C=O) groups excluding carboxylic acids is 1. The van der Waals surface area contributed by atoms with E-state index in [1.165, 1.54) is 6.20 Å². The molecule has 9 nitrogen and oxygen atoms in total. The largest absolute Gasteiger partial charge is 0.457 e. The summed E-state index contributed by atoms with van der Waals surface area (Å²) < 4.78 is 7.56. The molecule has 0 aliphatic carbocycles. The second-order valence-corrected chi connectivity index (χ2v) is 9.39. The molecule has 1 aliphatic heterocycles. The summed E-state index contributed by atoms with van der Waals surface area (Å²) in [7, 11) is 0. The van der Waals surface area contributed by atoms with Gasteiger partial charge in [-0.15, -0.1) is 0 Å². The van der Waals surface area contributed by atoms with Crippen molar-refractivity contribution in [2.24, 2.45) is 0 Å². The number of aryl methyl sites for hydroxylation is 1. The van der Waals surface area contributed by atoms with Crippen molar-refractivity contribution in [1.29, 1.82) is 5.26 Å². The predicted molar refractivity (Wildman–Crippen MR) is 148 cm³/mol. The van der Waals surface area contributed by atoms with Crippen molar-refractivity contribution in [2.45, 2.75) is 45.2 Å². The Labute approximate surface area is 221 Å². The minimum absolute atomic E-state index is 0.0595. The van der Waals surface area contributed by atoms with Crippen molar-refractivity contribution < 1.29 is 9.53 Å². The fraction of sp³-hybridized carbons (Fsp3) is 0.276. The first-order valence-electron chi connectivity index (χ1n) is 12.9. The van der Waals surface area contributed by atoms with Gasteiger partial charge < -0.3 is 26.0 Å². The SMILES string of the molecule is CCC(NC(=O)Nc1cn2ncc(C#N)c(Nc3ccc(Oc4ccccc4)cc3)c2c1C)C1CCCN1. The van der Waals surface area contributed by atoms with Crippen LogP contribution < -0.4 is 26.0 Å². The number of aromatic nitrogens is 2. The van der Waals surface area contributed by atoms with Gasteiger partial charge in [-0.1, -0.05) is 25.1 Å². The number of anilines is 3. The topological polar surface area (TPSA) is 116 Å². The van der Waals surface area contributed by atoms with Crippen LogP contribution in [-0.2, 0) is 0 Å². The number of ether oxygens (including phenoxy) is 1. The zero-order chi connectivity index (χ0) is 26.5. The van der Waals surface area contributed by atoms with E-state index in [-0.39, 0.29) is 12.1 Å². The number of nitriles is 1. The molecule has 1 saturated heterocycles. The number of hydrogen-bond acceptors (Lipinski definition) is 6. The van der Waals surface area contributed by atoms with Crippen molar-refractivity contribution in [3.05, 3.63) is 78.1 Å². The van der Waals surface area contributed by atoms with E-state index in [9.17, 15) is 10.1 Å². The maximum Gasteiger partial charge on any atom is 0.319 e. The Morgan fingerprint density at radius 3 is 2.66 bits per heavy atom. The Balaban J connectivity index is 1.36. The number of nitrogens with one attached hydrogen (secondary N) is 4. The van der Waals surface area contributed by atoms with Crippen molar-refractivity contribution >= 4 is 28.6 Å². The molecule has 194 valence electrons. The van der Waals surface area contributed by atoms with Gasteiger partial charge in [0.1, 0.15) is 17.6 Å². The van der Waals surface area contributed by atoms with E-state index in [1.54, 1.807) is 10.7 Å². The third-order valence-electron chi connectivity index (χ3n) is 6.87. The molecule has 4 aromatic rings. The Hall–Kier alpha value is -4.55. The van der Waals surface area contributed by atoms with Crippen LogP contribution in [0.15, 0.2) is 67.0 Å². The number of hydrogen-bond donors (Lipinski definition) is 4. The van der Waals surface area contributed by atoms with Crippen LogP contribution in [0.2, 0.25) is 0 Å². The van der Waals surface area contributed by atoms with Crippen molar-refractivity contribution in [3.63, 3.8) is 0 Å². The van der Waals surface area contributed by atoms with Gasteiger partial charge >= 0.3 is 6.03 Å². The maximum absolute atomic E-state index is 12.9. The highest BCUT2D eigenvalue weighted by Crippen LogP contribution is 2.33. The van der Waals surface area contributed by atoms with E-state index in [0.29, 0.717) is 34.2 Å². The highest BCUT2D eigenvalue weighted by atomic mass is 16.5. The molecule has 2 aromatic heterocycles. The number of amides is 2. The smallest absolute Gasteiger partial charge is 0.319 e. The standard InChI is InChI=1S/C29H31N7O2/c1-3-24(25-10-7-15-31-25)34-29(37)35-26-18-36-28(19(26)2)27(20(16-30)17-32-36)33-21-11-13-23(14-12-21)38-22-8-5-4-6-9-22/h4-6,8-9,11-14,17-18,24-25,31,33H,3,7,10,15H2,1-2H3,(H2,34,35,37). The molecule has 3 heterocycles. The molecule has 0 saturated carbocycles. The highest BCUT2D eigenvalue weighted by molar-refractivity contribution is 5.95. The van der Waals surface area contributed by atoms with E-state index >= 15 is 0 Å². The first-order valence-corrected chi connectivity index (χ1v) is 12.9. The Bertz CT molecular complexity index is 1450. The quantitative estimate of drug-likeness (QED) is 0.242. The average molecular weight is 510 g/mol. The molecule has 1 fully saturated rings. The number of nitrogens with zero attached hydrogens (tertiary/aromatic N) is 3. The molecule has 5 rings (SSSR count). The summed E-state index contributed by atoms with van der Waals surface area (Å²) in [4.78, 5) is 12.9. The van der Waals surface area contributed by atoms with Crippen molar-refractivity contribution in [3.8, 4) is 17.6 Å². The van der Waals surface area contributed by atoms with E-state index in [0.717, 1.165) is 42.8 Å². The number of urea groups is 1. The van der Waals surface area contributed by atoms with E-state index in [2.05, 4.69) is 39.4 Å². The van der Waals surface area contributed by atoms with Crippen LogP contribution in [0.25, 0.3) is 5.52 Å². The number of carbonyl (C=O) groups is 1. The summed E-state index contributed by atoms with van der Waals surface area (Å²) in [5.74, 6) is 1.46. The molecule has 0 bridgehead atoms. The molecule has 2 amide bonds. The maximum atomic E-state index is 12.9. The minimum atomic E-state index is -0.256. The van der Waals surface area contributed by atoms with Gasteiger partial charge in [-0.05, 0) is 69.1 Å². The molecular weight excluding hydrogens is 478 g/mol. The van der Waals surface area contributed by atoms with Crippen LogP contribution in [0, 0.1) is 18.3 Å². The summed E-state index contributed by atoms with van der Waals surface area (Å²) >= 11 is 0. The molecule has 0 spiro atoms. The second-order valence-electron chi connectivity index (χ2n) is 9.39. The van der Waals surface area contributed by atoms with Crippen LogP contribution in [0.4, 0.5) is 21.9 Å². The van der Waals surface area contributed by atoms with Gasteiger partial charge in [0.25, 0.3) is 0 Å². The fourth-order valence-corrected chi connectivity index (χ4v) is 4.87. The third kappa shape index (κ3) is 5.41. The Morgan fingerprint density at radius 1 is 1.21 bits per heavy atom. The lowest BCUT2D eigenvalue weighted by Gasteiger charge is -2.23. The van der Waals surface area contributed by atoms with Gasteiger partial charge in [-0.3, -0.25) is 0 Å². The van der Waals surface area contributed by atoms with Crippen LogP contribution in [0.1, 0.15) is 37.3 Å². The van der Waals surface area contributed by atoms with Crippen LogP contribution in [0.5, 0.6) is 11.5 Å². The van der Waals surface area contributed by atoms with E-state index in [4.69, 9.17) is 4.74 Å². The first-order chi connectivity index (χ1) is 18.6. The monoisotopic (exact) mass is 509 g/mol. The van der Waals surface area contributed by atoms with E-state index in [1.807, 2.05) is 61.5 Å². The lowest BCUT2D eigenvalue weighted by Crippen LogP contribution is -2.48. The molecule has 2 aromatic carbocycles. The van der Waals surface area contributed by atoms with Gasteiger partial charge in [-0.25, -0.2) is 9.31 Å². The summed E-state index contributed by atoms with van der Waals surface area (Å²) in [5.41, 5.74) is 3.97. The summed E-state index contributed by atoms with van der Waals surface area (Å²) in [6.45, 7) is 4.97. The molecule has 9 heteroatoms. The van der Waals surface area contributed by atoms with Gasteiger partial charge in [0, 0.05) is 23.3 Å². The first kappa shape index (κ1) is 25.1. The van der Waals surface area contributed by atoms with Gasteiger partial charge in [0.05, 0.1) is 34.8 Å². The minimum Gasteiger partial charge on any atom is -0.457 e. The second kappa shape index (κ2) is 11.2. The zero-order valence-electron chi connectivity index (χ0n) is 21.5. The molecule has 2 atom stereocenters. The Morgan fingerprint density at radius 2 is 1.97 bits per heavy atom. The van der Waals surface area contributed by atoms with Crippen LogP contribution >= 0.6 is 0 Å². The van der Waals surface area contributed by atoms with Crippen LogP contribution in [0.3, 0.4) is 0 Å². The number of benzene rings is 2. The molecule has 1 aliphatic rings. The highest BCUT2D eigenvalue weighted by Gasteiger charge is 2.25. The summed E-state index contributed by atoms with van der Waals surface area (Å²) in [5, 5.41) is 27.1. The molecular formula is C29H31N7O2. The van der Waals surface area contributed by atoms with Crippen LogP contribution in [-0.4, -0.2) is 34.3 Å². The fourth-order valence-electron chi connectivity index (χ4n) is 4.87. The Kier molecular flexibility index (Phi) is 7.43.